The van der Waals surface area contributed by atoms with Crippen molar-refractivity contribution in [3.05, 3.63) is 63.2 Å². The number of nitrogens with one attached hydrogen (secondary N) is 2. The van der Waals surface area contributed by atoms with Crippen LogP contribution in [0.2, 0.25) is 5.02 Å². The van der Waals surface area contributed by atoms with Crippen LogP contribution in [0, 0.1) is 10.1 Å². The van der Waals surface area contributed by atoms with Gasteiger partial charge in [-0.15, -0.1) is 0 Å². The Hall–Kier alpha value is -3.17. The van der Waals surface area contributed by atoms with Crippen molar-refractivity contribution in [1.29, 1.82) is 0 Å². The van der Waals surface area contributed by atoms with Crippen LogP contribution in [-0.4, -0.2) is 66.3 Å². The first-order chi connectivity index (χ1) is 14.4. The van der Waals surface area contributed by atoms with Crippen LogP contribution in [0.1, 0.15) is 10.4 Å². The Morgan fingerprint density at radius 3 is 2.43 bits per heavy atom. The van der Waals surface area contributed by atoms with Gasteiger partial charge in [0.2, 0.25) is 5.91 Å². The highest BCUT2D eigenvalue weighted by Crippen LogP contribution is 2.26. The Kier molecular flexibility index (Phi) is 6.86. The number of amides is 2. The van der Waals surface area contributed by atoms with E-state index in [1.54, 1.807) is 42.3 Å². The van der Waals surface area contributed by atoms with Gasteiger partial charge in [-0.2, -0.15) is 0 Å². The van der Waals surface area contributed by atoms with E-state index in [0.29, 0.717) is 42.6 Å². The summed E-state index contributed by atoms with van der Waals surface area (Å²) < 4.78 is 0. The first kappa shape index (κ1) is 21.5. The molecule has 2 aromatic carbocycles. The Labute approximate surface area is 178 Å². The number of anilines is 2. The molecule has 1 fully saturated rings. The molecule has 1 aliphatic rings. The number of piperazine rings is 1. The number of nitrogens with zero attached hydrogens (tertiary/aromatic N) is 3. The van der Waals surface area contributed by atoms with Gasteiger partial charge in [0, 0.05) is 44.9 Å². The van der Waals surface area contributed by atoms with E-state index in [1.165, 1.54) is 12.1 Å². The first-order valence-corrected chi connectivity index (χ1v) is 9.79. The zero-order valence-corrected chi connectivity index (χ0v) is 17.2. The van der Waals surface area contributed by atoms with E-state index >= 15 is 0 Å². The monoisotopic (exact) mass is 431 g/mol. The summed E-state index contributed by atoms with van der Waals surface area (Å²) in [4.78, 5) is 39.3. The number of benzene rings is 2. The third kappa shape index (κ3) is 5.05. The van der Waals surface area contributed by atoms with Crippen molar-refractivity contribution in [3.63, 3.8) is 0 Å². The molecule has 1 aliphatic heterocycles. The summed E-state index contributed by atoms with van der Waals surface area (Å²) in [6.07, 6.45) is 0. The molecule has 0 aromatic heterocycles. The molecule has 3 rings (SSSR count). The fourth-order valence-electron chi connectivity index (χ4n) is 3.27. The largest absolute Gasteiger partial charge is 0.383 e. The van der Waals surface area contributed by atoms with E-state index in [1.807, 2.05) is 4.90 Å². The summed E-state index contributed by atoms with van der Waals surface area (Å²) in [5.41, 5.74) is 1.04. The predicted molar refractivity (Wildman–Crippen MR) is 115 cm³/mol. The molecule has 0 unspecified atom stereocenters. The highest BCUT2D eigenvalue weighted by atomic mass is 35.5. The van der Waals surface area contributed by atoms with Crippen LogP contribution >= 0.6 is 11.6 Å². The molecule has 0 saturated carbocycles. The number of rotatable bonds is 6. The van der Waals surface area contributed by atoms with E-state index in [4.69, 9.17) is 11.6 Å². The Morgan fingerprint density at radius 1 is 1.10 bits per heavy atom. The van der Waals surface area contributed by atoms with Gasteiger partial charge in [-0.25, -0.2) is 0 Å². The molecular formula is C20H22ClN5O4. The van der Waals surface area contributed by atoms with Crippen LogP contribution in [0.15, 0.2) is 42.5 Å². The van der Waals surface area contributed by atoms with Gasteiger partial charge in [-0.05, 0) is 24.3 Å². The molecular weight excluding hydrogens is 410 g/mol. The number of para-hydroxylation sites is 1. The van der Waals surface area contributed by atoms with Crippen molar-refractivity contribution in [2.24, 2.45) is 0 Å². The van der Waals surface area contributed by atoms with Gasteiger partial charge in [-0.1, -0.05) is 23.7 Å². The number of hydrogen-bond acceptors (Lipinski definition) is 6. The minimum Gasteiger partial charge on any atom is -0.383 e. The van der Waals surface area contributed by atoms with Gasteiger partial charge in [0.15, 0.2) is 0 Å². The lowest BCUT2D eigenvalue weighted by Gasteiger charge is -2.34. The Bertz CT molecular complexity index is 960. The lowest BCUT2D eigenvalue weighted by molar-refractivity contribution is -0.384. The van der Waals surface area contributed by atoms with Crippen molar-refractivity contribution < 1.29 is 14.5 Å². The molecule has 1 heterocycles. The summed E-state index contributed by atoms with van der Waals surface area (Å²) in [5, 5.41) is 17.2. The minimum absolute atomic E-state index is 0.141. The molecule has 0 radical (unpaired) electrons. The average molecular weight is 432 g/mol. The molecule has 30 heavy (non-hydrogen) atoms. The maximum absolute atomic E-state index is 12.8. The van der Waals surface area contributed by atoms with Crippen molar-refractivity contribution >= 4 is 40.5 Å². The van der Waals surface area contributed by atoms with Crippen LogP contribution in [0.3, 0.4) is 0 Å². The van der Waals surface area contributed by atoms with E-state index in [9.17, 15) is 19.7 Å². The zero-order chi connectivity index (χ0) is 21.7. The van der Waals surface area contributed by atoms with Gasteiger partial charge in [0.1, 0.15) is 5.69 Å². The van der Waals surface area contributed by atoms with Crippen molar-refractivity contribution in [1.82, 2.24) is 9.80 Å². The van der Waals surface area contributed by atoms with Crippen LogP contribution in [0.25, 0.3) is 0 Å². The second-order valence-electron chi connectivity index (χ2n) is 6.84. The second kappa shape index (κ2) is 9.55. The average Bonchev–Trinajstić information content (AvgIpc) is 2.75. The summed E-state index contributed by atoms with van der Waals surface area (Å²) >= 11 is 6.05. The SMILES string of the molecule is CNc1ccc(C(=O)N2CCN(CC(=O)Nc3ccccc3Cl)CC2)cc1[N+](=O)[O-]. The van der Waals surface area contributed by atoms with E-state index in [0.717, 1.165) is 0 Å². The number of hydrogen-bond donors (Lipinski definition) is 2. The molecule has 0 bridgehead atoms. The lowest BCUT2D eigenvalue weighted by Crippen LogP contribution is -2.50. The fraction of sp³-hybridized carbons (Fsp3) is 0.300. The number of nitro benzene ring substituents is 1. The second-order valence-corrected chi connectivity index (χ2v) is 7.24. The fourth-order valence-corrected chi connectivity index (χ4v) is 3.46. The van der Waals surface area contributed by atoms with Crippen molar-refractivity contribution in [3.8, 4) is 0 Å². The first-order valence-electron chi connectivity index (χ1n) is 9.41. The molecule has 0 spiro atoms. The van der Waals surface area contributed by atoms with Gasteiger partial charge in [0.25, 0.3) is 11.6 Å². The van der Waals surface area contributed by atoms with Crippen LogP contribution < -0.4 is 10.6 Å². The highest BCUT2D eigenvalue weighted by molar-refractivity contribution is 6.33. The standard InChI is InChI=1S/C20H22ClN5O4/c1-22-17-7-6-14(12-18(17)26(29)30)20(28)25-10-8-24(9-11-25)13-19(27)23-16-5-3-2-4-15(16)21/h2-7,12,22H,8-11,13H2,1H3,(H,23,27). The third-order valence-corrected chi connectivity index (χ3v) is 5.21. The molecule has 2 aromatic rings. The van der Waals surface area contributed by atoms with Gasteiger partial charge < -0.3 is 15.5 Å². The van der Waals surface area contributed by atoms with Crippen LogP contribution in [-0.2, 0) is 4.79 Å². The Morgan fingerprint density at radius 2 is 1.80 bits per heavy atom. The predicted octanol–water partition coefficient (Wildman–Crippen LogP) is 2.69. The quantitative estimate of drug-likeness (QED) is 0.537. The maximum Gasteiger partial charge on any atom is 0.293 e. The molecule has 0 atom stereocenters. The summed E-state index contributed by atoms with van der Waals surface area (Å²) in [6, 6.07) is 11.4. The number of carbonyl (C=O) groups is 2. The van der Waals surface area contributed by atoms with Gasteiger partial charge in [0.05, 0.1) is 22.2 Å². The van der Waals surface area contributed by atoms with Gasteiger partial charge in [-0.3, -0.25) is 24.6 Å². The minimum atomic E-state index is -0.516. The number of nitro groups is 1. The maximum atomic E-state index is 12.8. The molecule has 10 heteroatoms. The lowest BCUT2D eigenvalue weighted by atomic mass is 10.1. The topological polar surface area (TPSA) is 108 Å². The van der Waals surface area contributed by atoms with Crippen LogP contribution in [0.5, 0.6) is 0 Å². The molecule has 9 nitrogen and oxygen atoms in total. The van der Waals surface area contributed by atoms with E-state index in [2.05, 4.69) is 10.6 Å². The summed E-state index contributed by atoms with van der Waals surface area (Å²) in [5.74, 6) is -0.443. The van der Waals surface area contributed by atoms with Crippen LogP contribution in [0.4, 0.5) is 17.1 Å². The van der Waals surface area contributed by atoms with Crippen molar-refractivity contribution in [2.75, 3.05) is 50.4 Å². The van der Waals surface area contributed by atoms with E-state index in [-0.39, 0.29) is 29.6 Å². The third-order valence-electron chi connectivity index (χ3n) is 4.89. The summed E-state index contributed by atoms with van der Waals surface area (Å²) in [6.45, 7) is 2.10. The molecule has 1 saturated heterocycles. The number of carbonyl (C=O) groups excluding carboxylic acids is 2. The number of halogens is 1. The summed E-state index contributed by atoms with van der Waals surface area (Å²) in [7, 11) is 1.59. The molecule has 2 amide bonds. The molecule has 0 aliphatic carbocycles. The normalized spacial score (nSPS) is 14.3. The molecule has 158 valence electrons. The van der Waals surface area contributed by atoms with Crippen molar-refractivity contribution in [2.45, 2.75) is 0 Å². The van der Waals surface area contributed by atoms with E-state index < -0.39 is 4.92 Å². The Balaban J connectivity index is 1.55. The zero-order valence-electron chi connectivity index (χ0n) is 16.4. The molecule has 2 N–H and O–H groups in total. The highest BCUT2D eigenvalue weighted by Gasteiger charge is 2.25. The smallest absolute Gasteiger partial charge is 0.293 e. The van der Waals surface area contributed by atoms with Gasteiger partial charge >= 0.3 is 0 Å².